The van der Waals surface area contributed by atoms with Crippen LogP contribution in [0.15, 0.2) is 18.6 Å². The van der Waals surface area contributed by atoms with Crippen molar-refractivity contribution in [2.75, 3.05) is 7.11 Å². The Balaban J connectivity index is 1.53. The van der Waals surface area contributed by atoms with E-state index in [1.807, 2.05) is 0 Å². The zero-order valence-electron chi connectivity index (χ0n) is 14.5. The molecule has 5 rings (SSSR count). The number of amides is 1. The van der Waals surface area contributed by atoms with E-state index in [1.54, 1.807) is 17.1 Å². The summed E-state index contributed by atoms with van der Waals surface area (Å²) < 4.78 is 42.6. The highest BCUT2D eigenvalue weighted by Gasteiger charge is 2.64. The van der Waals surface area contributed by atoms with Crippen LogP contribution in [0.3, 0.4) is 0 Å². The summed E-state index contributed by atoms with van der Waals surface area (Å²) in [4.78, 5) is 22.1. The zero-order valence-corrected chi connectivity index (χ0v) is 14.5. The molecule has 2 heterocycles. The van der Waals surface area contributed by atoms with Gasteiger partial charge in [0.05, 0.1) is 11.9 Å². The Morgan fingerprint density at radius 1 is 1.44 bits per heavy atom. The predicted molar refractivity (Wildman–Crippen MR) is 84.1 cm³/mol. The van der Waals surface area contributed by atoms with Crippen molar-refractivity contribution >= 4 is 5.91 Å². The van der Waals surface area contributed by atoms with E-state index in [0.29, 0.717) is 18.2 Å². The molecule has 1 N–H and O–H groups in total. The van der Waals surface area contributed by atoms with Gasteiger partial charge in [-0.05, 0) is 31.6 Å². The van der Waals surface area contributed by atoms with Crippen LogP contribution in [0.2, 0.25) is 0 Å². The van der Waals surface area contributed by atoms with Gasteiger partial charge in [-0.2, -0.15) is 18.3 Å². The van der Waals surface area contributed by atoms with Gasteiger partial charge in [-0.3, -0.25) is 9.63 Å². The molecule has 142 valence electrons. The number of carbonyl (C=O) groups excluding carboxylic acids is 1. The summed E-state index contributed by atoms with van der Waals surface area (Å²) >= 11 is 0. The quantitative estimate of drug-likeness (QED) is 0.807. The lowest BCUT2D eigenvalue weighted by molar-refractivity contribution is -0.885. The maximum atomic E-state index is 13.2. The molecule has 1 amide bonds. The van der Waals surface area contributed by atoms with Crippen LogP contribution in [-0.4, -0.2) is 39.5 Å². The number of aromatic nitrogens is 4. The van der Waals surface area contributed by atoms with Gasteiger partial charge in [0, 0.05) is 16.2 Å². The Bertz CT molecular complexity index is 951. The highest BCUT2D eigenvalue weighted by atomic mass is 19.4. The molecule has 2 aromatic rings. The van der Waals surface area contributed by atoms with Crippen molar-refractivity contribution in [2.24, 2.45) is 5.92 Å². The maximum Gasteiger partial charge on any atom is 0.411 e. The van der Waals surface area contributed by atoms with Gasteiger partial charge < -0.3 is 5.32 Å². The first-order chi connectivity index (χ1) is 12.8. The summed E-state index contributed by atoms with van der Waals surface area (Å²) in [6, 6.07) is 0. The van der Waals surface area contributed by atoms with Crippen LogP contribution >= 0.6 is 0 Å². The molecule has 2 atom stereocenters. The second-order valence-corrected chi connectivity index (χ2v) is 7.42. The second-order valence-electron chi connectivity index (χ2n) is 7.42. The fraction of sp³-hybridized carbons (Fsp3) is 0.529. The minimum Gasteiger partial charge on any atom is -0.336 e. The fourth-order valence-corrected chi connectivity index (χ4v) is 3.94. The van der Waals surface area contributed by atoms with E-state index in [2.05, 4.69) is 15.4 Å². The molecule has 3 aliphatic carbocycles. The van der Waals surface area contributed by atoms with Gasteiger partial charge in [0.25, 0.3) is 12.1 Å². The molecule has 0 spiro atoms. The smallest absolute Gasteiger partial charge is 0.336 e. The molecular weight excluding hydrogens is 363 g/mol. The molecule has 7 nitrogen and oxygen atoms in total. The largest absolute Gasteiger partial charge is 0.411 e. The lowest BCUT2D eigenvalue weighted by atomic mass is 10.1. The van der Waals surface area contributed by atoms with E-state index in [4.69, 9.17) is 4.84 Å². The van der Waals surface area contributed by atoms with Gasteiger partial charge in [-0.25, -0.2) is 9.67 Å². The van der Waals surface area contributed by atoms with Crippen LogP contribution in [0.1, 0.15) is 46.9 Å². The fourth-order valence-electron chi connectivity index (χ4n) is 3.94. The summed E-state index contributed by atoms with van der Waals surface area (Å²) in [5, 5.41) is 6.53. The number of nitrogens with zero attached hydrogens (tertiary/aromatic N) is 4. The Labute approximate surface area is 152 Å². The molecule has 27 heavy (non-hydrogen) atoms. The van der Waals surface area contributed by atoms with Crippen molar-refractivity contribution in [3.8, 4) is 5.82 Å². The van der Waals surface area contributed by atoms with Crippen molar-refractivity contribution in [3.63, 3.8) is 0 Å². The molecular formula is C17H17F3N5O2+. The number of carbonyl (C=O) groups is 1. The normalized spacial score (nSPS) is 24.1. The van der Waals surface area contributed by atoms with Gasteiger partial charge >= 0.3 is 6.18 Å². The van der Waals surface area contributed by atoms with Gasteiger partial charge in [0.15, 0.2) is 5.69 Å². The Hall–Kier alpha value is -2.65. The number of halogens is 3. The molecule has 0 aliphatic heterocycles. The number of alkyl halides is 3. The van der Waals surface area contributed by atoms with Crippen molar-refractivity contribution in [2.45, 2.75) is 43.3 Å². The van der Waals surface area contributed by atoms with E-state index in [-0.39, 0.29) is 24.5 Å². The third-order valence-electron chi connectivity index (χ3n) is 5.71. The topological polar surface area (TPSA) is 72.9 Å². The summed E-state index contributed by atoms with van der Waals surface area (Å²) in [6.45, 7) is 0. The summed E-state index contributed by atoms with van der Waals surface area (Å²) in [5.41, 5.74) is -0.418. The first kappa shape index (κ1) is 16.5. The number of hydrogen-bond acceptors (Lipinski definition) is 4. The molecule has 10 heteroatoms. The number of nitrogens with one attached hydrogen (secondary N) is 1. The summed E-state index contributed by atoms with van der Waals surface area (Å²) in [6.07, 6.45) is 1.79. The average molecular weight is 380 g/mol. The van der Waals surface area contributed by atoms with E-state index >= 15 is 0 Å². The number of fused-ring (bicyclic) bond motifs is 3. The maximum absolute atomic E-state index is 13.2. The molecule has 2 saturated carbocycles. The molecule has 0 unspecified atom stereocenters. The van der Waals surface area contributed by atoms with Gasteiger partial charge in [0.1, 0.15) is 12.6 Å². The zero-order chi connectivity index (χ0) is 19.0. The van der Waals surface area contributed by atoms with Gasteiger partial charge in [-0.15, -0.1) is 0 Å². The molecule has 0 aromatic carbocycles. The summed E-state index contributed by atoms with van der Waals surface area (Å²) in [7, 11) is 1.50. The van der Waals surface area contributed by atoms with Gasteiger partial charge in [0.2, 0.25) is 12.0 Å². The van der Waals surface area contributed by atoms with E-state index < -0.39 is 17.6 Å². The van der Waals surface area contributed by atoms with Crippen molar-refractivity contribution in [1.29, 1.82) is 0 Å². The number of hydrogen-bond donors (Lipinski definition) is 1. The molecule has 2 fully saturated rings. The molecule has 3 aliphatic rings. The van der Waals surface area contributed by atoms with Crippen molar-refractivity contribution < 1.29 is 27.5 Å². The van der Waals surface area contributed by atoms with Crippen LogP contribution in [0.4, 0.5) is 13.2 Å². The first-order valence-corrected chi connectivity index (χ1v) is 8.76. The minimum atomic E-state index is -4.46. The van der Waals surface area contributed by atoms with Crippen LogP contribution < -0.4 is 14.9 Å². The third kappa shape index (κ3) is 2.42. The molecule has 0 saturated heterocycles. The second kappa shape index (κ2) is 5.20. The van der Waals surface area contributed by atoms with Gasteiger partial charge in [-0.1, -0.05) is 0 Å². The standard InChI is InChI=1S/C17H16F3N5O2/c1-27-24-5-4-21-12(8-24)25-14-10-6-9(10)7-11(14)13(23-25)15(26)22-16(2-3-16)17(18,19)20/h4-5,8-10H,2-3,6-7H2,1H3/p+1/t9-,10-/m0/s1. The Kier molecular flexibility index (Phi) is 3.18. The minimum absolute atomic E-state index is 0.0716. The van der Waals surface area contributed by atoms with Crippen molar-refractivity contribution in [3.05, 3.63) is 35.5 Å². The molecule has 0 radical (unpaired) electrons. The van der Waals surface area contributed by atoms with Crippen LogP contribution in [-0.2, 0) is 6.42 Å². The van der Waals surface area contributed by atoms with E-state index in [9.17, 15) is 18.0 Å². The highest BCUT2D eigenvalue weighted by Crippen LogP contribution is 2.57. The number of rotatable bonds is 4. The van der Waals surface area contributed by atoms with E-state index in [0.717, 1.165) is 17.7 Å². The summed E-state index contributed by atoms with van der Waals surface area (Å²) in [5.74, 6) is 0.409. The molecule has 0 bridgehead atoms. The van der Waals surface area contributed by atoms with Crippen LogP contribution in [0.5, 0.6) is 0 Å². The molecule has 2 aromatic heterocycles. The van der Waals surface area contributed by atoms with Crippen LogP contribution in [0, 0.1) is 5.92 Å². The Morgan fingerprint density at radius 3 is 2.89 bits per heavy atom. The van der Waals surface area contributed by atoms with E-state index in [1.165, 1.54) is 18.0 Å². The highest BCUT2D eigenvalue weighted by molar-refractivity contribution is 5.95. The monoisotopic (exact) mass is 380 g/mol. The van der Waals surface area contributed by atoms with Crippen molar-refractivity contribution in [1.82, 2.24) is 20.1 Å². The predicted octanol–water partition coefficient (Wildman–Crippen LogP) is 1.10. The average Bonchev–Trinajstić information content (AvgIpc) is 3.51. The van der Waals surface area contributed by atoms with Crippen LogP contribution in [0.25, 0.3) is 5.82 Å². The lowest BCUT2D eigenvalue weighted by Crippen LogP contribution is -2.48. The third-order valence-corrected chi connectivity index (χ3v) is 5.71. The SMILES string of the molecule is CO[n+]1ccnc(-n2nc(C(=O)NC3(C(F)(F)F)CC3)c3c2[C@H]2C[C@H]2C3)c1. The first-order valence-electron chi connectivity index (χ1n) is 8.76. The lowest BCUT2D eigenvalue weighted by Gasteiger charge is -2.20. The Morgan fingerprint density at radius 2 is 2.22 bits per heavy atom.